The summed E-state index contributed by atoms with van der Waals surface area (Å²) in [6, 6.07) is 0.646. The summed E-state index contributed by atoms with van der Waals surface area (Å²) >= 11 is 0. The van der Waals surface area contributed by atoms with Crippen LogP contribution in [0.5, 0.6) is 0 Å². The van der Waals surface area contributed by atoms with Gasteiger partial charge in [-0.15, -0.1) is 0 Å². The minimum atomic E-state index is -0.582. The molecule has 1 rings (SSSR count). The van der Waals surface area contributed by atoms with Gasteiger partial charge in [0.2, 0.25) is 0 Å². The molecule has 1 heterocycles. The first kappa shape index (κ1) is 9.96. The Balaban J connectivity index is 2.50. The van der Waals surface area contributed by atoms with Crippen molar-refractivity contribution in [1.82, 2.24) is 10.6 Å². The van der Waals surface area contributed by atoms with Gasteiger partial charge in [0.05, 0.1) is 5.60 Å². The van der Waals surface area contributed by atoms with Crippen molar-refractivity contribution in [2.75, 3.05) is 13.1 Å². The molecule has 3 heteroatoms. The SMILES string of the molecule is CCC(C)(O)C1CNCC(C)N1. The molecule has 72 valence electrons. The van der Waals surface area contributed by atoms with Gasteiger partial charge in [-0.05, 0) is 20.3 Å². The molecule has 3 N–H and O–H groups in total. The second-order valence-electron chi connectivity index (χ2n) is 3.99. The van der Waals surface area contributed by atoms with E-state index in [2.05, 4.69) is 17.6 Å². The predicted molar refractivity (Wildman–Crippen MR) is 50.2 cm³/mol. The van der Waals surface area contributed by atoms with Crippen LogP contribution >= 0.6 is 0 Å². The average Bonchev–Trinajstić information content (AvgIpc) is 2.05. The zero-order valence-electron chi connectivity index (χ0n) is 8.22. The summed E-state index contributed by atoms with van der Waals surface area (Å²) in [5, 5.41) is 16.7. The van der Waals surface area contributed by atoms with E-state index in [1.54, 1.807) is 0 Å². The summed E-state index contributed by atoms with van der Waals surface area (Å²) in [7, 11) is 0. The highest BCUT2D eigenvalue weighted by Crippen LogP contribution is 2.15. The summed E-state index contributed by atoms with van der Waals surface area (Å²) in [5.41, 5.74) is -0.582. The van der Waals surface area contributed by atoms with E-state index in [9.17, 15) is 5.11 Å². The van der Waals surface area contributed by atoms with Gasteiger partial charge in [-0.3, -0.25) is 0 Å². The summed E-state index contributed by atoms with van der Waals surface area (Å²) < 4.78 is 0. The van der Waals surface area contributed by atoms with E-state index in [1.807, 2.05) is 13.8 Å². The molecule has 0 amide bonds. The highest BCUT2D eigenvalue weighted by atomic mass is 16.3. The lowest BCUT2D eigenvalue weighted by Crippen LogP contribution is -2.62. The smallest absolute Gasteiger partial charge is 0.0781 e. The Morgan fingerprint density at radius 2 is 2.17 bits per heavy atom. The van der Waals surface area contributed by atoms with E-state index >= 15 is 0 Å². The van der Waals surface area contributed by atoms with E-state index < -0.39 is 5.60 Å². The van der Waals surface area contributed by atoms with Gasteiger partial charge in [0, 0.05) is 25.2 Å². The fourth-order valence-electron chi connectivity index (χ4n) is 1.55. The van der Waals surface area contributed by atoms with Crippen LogP contribution in [0.1, 0.15) is 27.2 Å². The van der Waals surface area contributed by atoms with Gasteiger partial charge >= 0.3 is 0 Å². The fraction of sp³-hybridized carbons (Fsp3) is 1.00. The largest absolute Gasteiger partial charge is 0.389 e. The van der Waals surface area contributed by atoms with Crippen molar-refractivity contribution in [3.05, 3.63) is 0 Å². The minimum absolute atomic E-state index is 0.186. The van der Waals surface area contributed by atoms with E-state index in [0.29, 0.717) is 6.04 Å². The lowest BCUT2D eigenvalue weighted by atomic mass is 9.91. The van der Waals surface area contributed by atoms with Crippen molar-refractivity contribution < 1.29 is 5.11 Å². The van der Waals surface area contributed by atoms with E-state index in [1.165, 1.54) is 0 Å². The zero-order valence-corrected chi connectivity index (χ0v) is 8.22. The average molecular weight is 172 g/mol. The van der Waals surface area contributed by atoms with Crippen LogP contribution in [0.25, 0.3) is 0 Å². The maximum absolute atomic E-state index is 9.96. The van der Waals surface area contributed by atoms with Gasteiger partial charge < -0.3 is 15.7 Å². The normalized spacial score (nSPS) is 36.0. The first-order valence-corrected chi connectivity index (χ1v) is 4.75. The van der Waals surface area contributed by atoms with Crippen LogP contribution in [0.15, 0.2) is 0 Å². The zero-order chi connectivity index (χ0) is 9.19. The molecule has 3 unspecified atom stereocenters. The second-order valence-corrected chi connectivity index (χ2v) is 3.99. The van der Waals surface area contributed by atoms with Crippen LogP contribution in [0.4, 0.5) is 0 Å². The Hall–Kier alpha value is -0.120. The Morgan fingerprint density at radius 3 is 2.67 bits per heavy atom. The van der Waals surface area contributed by atoms with Crippen LogP contribution < -0.4 is 10.6 Å². The van der Waals surface area contributed by atoms with E-state index in [0.717, 1.165) is 19.5 Å². The van der Waals surface area contributed by atoms with Gasteiger partial charge in [0.25, 0.3) is 0 Å². The summed E-state index contributed by atoms with van der Waals surface area (Å²) in [6.07, 6.45) is 0.791. The lowest BCUT2D eigenvalue weighted by molar-refractivity contribution is 0.00602. The molecule has 0 spiro atoms. The van der Waals surface area contributed by atoms with Gasteiger partial charge in [0.15, 0.2) is 0 Å². The first-order chi connectivity index (χ1) is 5.56. The highest BCUT2D eigenvalue weighted by molar-refractivity contribution is 4.93. The van der Waals surface area contributed by atoms with Gasteiger partial charge in [-0.2, -0.15) is 0 Å². The molecule has 0 radical (unpaired) electrons. The van der Waals surface area contributed by atoms with Gasteiger partial charge in [-0.25, -0.2) is 0 Å². The molecular formula is C9H20N2O. The third kappa shape index (κ3) is 2.19. The Morgan fingerprint density at radius 1 is 1.50 bits per heavy atom. The van der Waals surface area contributed by atoms with Gasteiger partial charge in [-0.1, -0.05) is 6.92 Å². The second kappa shape index (κ2) is 3.73. The molecule has 3 atom stereocenters. The maximum atomic E-state index is 9.96. The molecule has 0 aromatic rings. The minimum Gasteiger partial charge on any atom is -0.389 e. The quantitative estimate of drug-likeness (QED) is 0.553. The number of hydrogen-bond donors (Lipinski definition) is 3. The number of piperazine rings is 1. The number of aliphatic hydroxyl groups is 1. The third-order valence-electron chi connectivity index (χ3n) is 2.75. The van der Waals surface area contributed by atoms with Crippen molar-refractivity contribution >= 4 is 0 Å². The molecule has 0 aromatic heterocycles. The van der Waals surface area contributed by atoms with Crippen LogP contribution in [0, 0.1) is 0 Å². The van der Waals surface area contributed by atoms with Crippen molar-refractivity contribution in [3.63, 3.8) is 0 Å². The molecule has 0 aliphatic carbocycles. The number of nitrogens with one attached hydrogen (secondary N) is 2. The Bertz CT molecular complexity index is 147. The van der Waals surface area contributed by atoms with Crippen LogP contribution in [-0.2, 0) is 0 Å². The summed E-state index contributed by atoms with van der Waals surface area (Å²) in [6.45, 7) is 7.90. The van der Waals surface area contributed by atoms with Crippen molar-refractivity contribution in [2.24, 2.45) is 0 Å². The van der Waals surface area contributed by atoms with E-state index in [4.69, 9.17) is 0 Å². The van der Waals surface area contributed by atoms with Crippen molar-refractivity contribution in [1.29, 1.82) is 0 Å². The monoisotopic (exact) mass is 172 g/mol. The summed E-state index contributed by atoms with van der Waals surface area (Å²) in [5.74, 6) is 0. The molecule has 1 aliphatic rings. The molecule has 12 heavy (non-hydrogen) atoms. The molecular weight excluding hydrogens is 152 g/mol. The maximum Gasteiger partial charge on any atom is 0.0781 e. The number of rotatable bonds is 2. The molecule has 1 aliphatic heterocycles. The van der Waals surface area contributed by atoms with Gasteiger partial charge in [0.1, 0.15) is 0 Å². The predicted octanol–water partition coefficient (Wildman–Crippen LogP) is 0.0973. The van der Waals surface area contributed by atoms with Crippen molar-refractivity contribution in [2.45, 2.75) is 44.9 Å². The van der Waals surface area contributed by atoms with Crippen LogP contribution in [0.3, 0.4) is 0 Å². The molecule has 0 aromatic carbocycles. The first-order valence-electron chi connectivity index (χ1n) is 4.75. The molecule has 0 bridgehead atoms. The van der Waals surface area contributed by atoms with Crippen LogP contribution in [0.2, 0.25) is 0 Å². The third-order valence-corrected chi connectivity index (χ3v) is 2.75. The van der Waals surface area contributed by atoms with Crippen molar-refractivity contribution in [3.8, 4) is 0 Å². The molecule has 1 saturated heterocycles. The Kier molecular flexibility index (Phi) is 3.09. The van der Waals surface area contributed by atoms with Crippen LogP contribution in [-0.4, -0.2) is 35.9 Å². The molecule has 1 fully saturated rings. The fourth-order valence-corrected chi connectivity index (χ4v) is 1.55. The molecule has 3 nitrogen and oxygen atoms in total. The van der Waals surface area contributed by atoms with E-state index in [-0.39, 0.29) is 6.04 Å². The standard InChI is InChI=1S/C9H20N2O/c1-4-9(3,12)8-6-10-5-7(2)11-8/h7-8,10-12H,4-6H2,1-3H3. The lowest BCUT2D eigenvalue weighted by Gasteiger charge is -2.38. The summed E-state index contributed by atoms with van der Waals surface area (Å²) in [4.78, 5) is 0. The highest BCUT2D eigenvalue weighted by Gasteiger charge is 2.32. The molecule has 0 saturated carbocycles. The number of hydrogen-bond acceptors (Lipinski definition) is 3. The Labute approximate surface area is 74.5 Å². The topological polar surface area (TPSA) is 44.3 Å².